The number of hydrogen-bond donors (Lipinski definition) is 3. The van der Waals surface area contributed by atoms with Gasteiger partial charge in [-0.15, -0.1) is 0 Å². The number of benzene rings is 1. The van der Waals surface area contributed by atoms with Crippen molar-refractivity contribution in [3.05, 3.63) is 28.0 Å². The van der Waals surface area contributed by atoms with Gasteiger partial charge in [0.2, 0.25) is 0 Å². The third kappa shape index (κ3) is 3.67. The lowest BCUT2D eigenvalue weighted by atomic mass is 10.1. The molecule has 1 unspecified atom stereocenters. The zero-order valence-electron chi connectivity index (χ0n) is 9.34. The van der Waals surface area contributed by atoms with Crippen LogP contribution in [-0.2, 0) is 0 Å². The molecule has 0 aliphatic rings. The molecule has 4 N–H and O–H groups in total. The first kappa shape index (κ1) is 13.9. The molecule has 0 radical (unpaired) electrons. The Morgan fingerprint density at radius 1 is 1.65 bits per heavy atom. The summed E-state index contributed by atoms with van der Waals surface area (Å²) in [5.74, 6) is -0.988. The van der Waals surface area contributed by atoms with Crippen LogP contribution in [0.25, 0.3) is 0 Å². The third-order valence-electron chi connectivity index (χ3n) is 2.30. The SMILES string of the molecule is CCC(O)CNC(=O)c1cc(N)c(F)cc1Br. The minimum absolute atomic E-state index is 0.0885. The summed E-state index contributed by atoms with van der Waals surface area (Å²) in [5.41, 5.74) is 5.54. The highest BCUT2D eigenvalue weighted by molar-refractivity contribution is 9.10. The summed E-state index contributed by atoms with van der Waals surface area (Å²) in [6.07, 6.45) is -0.0389. The molecule has 1 rings (SSSR count). The van der Waals surface area contributed by atoms with Crippen LogP contribution in [0.3, 0.4) is 0 Å². The van der Waals surface area contributed by atoms with Crippen LogP contribution in [0.1, 0.15) is 23.7 Å². The van der Waals surface area contributed by atoms with Gasteiger partial charge in [-0.25, -0.2) is 4.39 Å². The molecule has 0 spiro atoms. The number of aliphatic hydroxyl groups is 1. The van der Waals surface area contributed by atoms with Gasteiger partial charge in [0.25, 0.3) is 5.91 Å². The van der Waals surface area contributed by atoms with Crippen LogP contribution in [0, 0.1) is 5.82 Å². The summed E-state index contributed by atoms with van der Waals surface area (Å²) >= 11 is 3.09. The second-order valence-corrected chi connectivity index (χ2v) is 4.48. The molecule has 1 amide bonds. The molecular formula is C11H14BrFN2O2. The van der Waals surface area contributed by atoms with Gasteiger partial charge < -0.3 is 16.2 Å². The first-order chi connectivity index (χ1) is 7.95. The number of hydrogen-bond acceptors (Lipinski definition) is 3. The lowest BCUT2D eigenvalue weighted by Crippen LogP contribution is -2.32. The Bertz CT molecular complexity index is 426. The van der Waals surface area contributed by atoms with Crippen LogP contribution < -0.4 is 11.1 Å². The van der Waals surface area contributed by atoms with Gasteiger partial charge in [0.05, 0.1) is 17.4 Å². The highest BCUT2D eigenvalue weighted by atomic mass is 79.9. The molecule has 1 aromatic carbocycles. The number of carbonyl (C=O) groups excluding carboxylic acids is 1. The van der Waals surface area contributed by atoms with Gasteiger partial charge in [-0.3, -0.25) is 4.79 Å². The van der Waals surface area contributed by atoms with Gasteiger partial charge in [-0.1, -0.05) is 6.92 Å². The Morgan fingerprint density at radius 2 is 2.29 bits per heavy atom. The van der Waals surface area contributed by atoms with Crippen molar-refractivity contribution in [1.29, 1.82) is 0 Å². The first-order valence-corrected chi connectivity index (χ1v) is 5.95. The van der Waals surface area contributed by atoms with Gasteiger partial charge in [0.1, 0.15) is 5.82 Å². The van der Waals surface area contributed by atoms with Crippen LogP contribution in [-0.4, -0.2) is 23.7 Å². The van der Waals surface area contributed by atoms with E-state index in [9.17, 15) is 14.3 Å². The van der Waals surface area contributed by atoms with E-state index in [4.69, 9.17) is 5.73 Å². The largest absolute Gasteiger partial charge is 0.396 e. The smallest absolute Gasteiger partial charge is 0.252 e. The van der Waals surface area contributed by atoms with E-state index in [1.807, 2.05) is 6.92 Å². The molecule has 6 heteroatoms. The Hall–Kier alpha value is -1.14. The molecule has 1 atom stereocenters. The average molecular weight is 305 g/mol. The number of nitrogen functional groups attached to an aromatic ring is 1. The van der Waals surface area contributed by atoms with E-state index in [0.717, 1.165) is 6.07 Å². The highest BCUT2D eigenvalue weighted by Gasteiger charge is 2.13. The number of nitrogens with two attached hydrogens (primary N) is 1. The molecule has 0 saturated carbocycles. The van der Waals surface area contributed by atoms with E-state index in [1.165, 1.54) is 6.07 Å². The predicted molar refractivity (Wildman–Crippen MR) is 67.1 cm³/mol. The number of carbonyl (C=O) groups is 1. The van der Waals surface area contributed by atoms with E-state index in [2.05, 4.69) is 21.2 Å². The number of halogens is 2. The maximum absolute atomic E-state index is 13.1. The second kappa shape index (κ2) is 5.97. The molecule has 0 bridgehead atoms. The fourth-order valence-corrected chi connectivity index (χ4v) is 1.69. The summed E-state index contributed by atoms with van der Waals surface area (Å²) in [6.45, 7) is 1.96. The molecule has 0 saturated heterocycles. The van der Waals surface area contributed by atoms with Gasteiger partial charge in [0, 0.05) is 11.0 Å². The minimum Gasteiger partial charge on any atom is -0.396 e. The first-order valence-electron chi connectivity index (χ1n) is 5.16. The molecule has 17 heavy (non-hydrogen) atoms. The monoisotopic (exact) mass is 304 g/mol. The molecular weight excluding hydrogens is 291 g/mol. The maximum atomic E-state index is 13.1. The lowest BCUT2D eigenvalue weighted by Gasteiger charge is -2.11. The second-order valence-electron chi connectivity index (χ2n) is 3.63. The summed E-state index contributed by atoms with van der Waals surface area (Å²) in [6, 6.07) is 2.40. The molecule has 0 heterocycles. The molecule has 1 aromatic rings. The zero-order chi connectivity index (χ0) is 13.0. The molecule has 0 aliphatic carbocycles. The van der Waals surface area contributed by atoms with E-state index >= 15 is 0 Å². The van der Waals surface area contributed by atoms with Gasteiger partial charge >= 0.3 is 0 Å². The van der Waals surface area contributed by atoms with Crippen molar-refractivity contribution in [2.75, 3.05) is 12.3 Å². The van der Waals surface area contributed by atoms with Gasteiger partial charge in [-0.05, 0) is 34.5 Å². The van der Waals surface area contributed by atoms with Crippen LogP contribution in [0.5, 0.6) is 0 Å². The number of nitrogens with one attached hydrogen (secondary N) is 1. The third-order valence-corrected chi connectivity index (χ3v) is 2.96. The Balaban J connectivity index is 2.79. The fourth-order valence-electron chi connectivity index (χ4n) is 1.19. The van der Waals surface area contributed by atoms with Crippen LogP contribution in [0.2, 0.25) is 0 Å². The predicted octanol–water partition coefficient (Wildman–Crippen LogP) is 1.67. The average Bonchev–Trinajstić information content (AvgIpc) is 2.30. The van der Waals surface area contributed by atoms with Gasteiger partial charge in [0.15, 0.2) is 0 Å². The summed E-state index contributed by atoms with van der Waals surface area (Å²) in [5, 5.41) is 11.9. The van der Waals surface area contributed by atoms with Crippen molar-refractivity contribution in [2.24, 2.45) is 0 Å². The summed E-state index contributed by atoms with van der Waals surface area (Å²) < 4.78 is 13.4. The van der Waals surface area contributed by atoms with Crippen molar-refractivity contribution in [3.63, 3.8) is 0 Å². The number of rotatable bonds is 4. The van der Waals surface area contributed by atoms with Gasteiger partial charge in [-0.2, -0.15) is 0 Å². The fraction of sp³-hybridized carbons (Fsp3) is 0.364. The molecule has 0 fully saturated rings. The standard InChI is InChI=1S/C11H14BrFN2O2/c1-2-6(16)5-15-11(17)7-3-10(14)9(13)4-8(7)12/h3-4,6,16H,2,5,14H2,1H3,(H,15,17). The zero-order valence-corrected chi connectivity index (χ0v) is 10.9. The van der Waals surface area contributed by atoms with Crippen molar-refractivity contribution < 1.29 is 14.3 Å². The van der Waals surface area contributed by atoms with Crippen molar-refractivity contribution >= 4 is 27.5 Å². The normalized spacial score (nSPS) is 12.2. The molecule has 94 valence electrons. The maximum Gasteiger partial charge on any atom is 0.252 e. The van der Waals surface area contributed by atoms with E-state index in [0.29, 0.717) is 10.9 Å². The van der Waals surface area contributed by atoms with Crippen LogP contribution in [0.4, 0.5) is 10.1 Å². The lowest BCUT2D eigenvalue weighted by molar-refractivity contribution is 0.0913. The number of amides is 1. The number of anilines is 1. The molecule has 4 nitrogen and oxygen atoms in total. The van der Waals surface area contributed by atoms with Crippen molar-refractivity contribution in [3.8, 4) is 0 Å². The minimum atomic E-state index is -0.587. The topological polar surface area (TPSA) is 75.3 Å². The Morgan fingerprint density at radius 3 is 2.88 bits per heavy atom. The highest BCUT2D eigenvalue weighted by Crippen LogP contribution is 2.22. The van der Waals surface area contributed by atoms with E-state index in [-0.39, 0.29) is 17.8 Å². The summed E-state index contributed by atoms with van der Waals surface area (Å²) in [4.78, 5) is 11.7. The van der Waals surface area contributed by atoms with Crippen LogP contribution in [0.15, 0.2) is 16.6 Å². The van der Waals surface area contributed by atoms with Crippen LogP contribution >= 0.6 is 15.9 Å². The Kier molecular flexibility index (Phi) is 4.89. The van der Waals surface area contributed by atoms with Crippen molar-refractivity contribution in [1.82, 2.24) is 5.32 Å². The molecule has 0 aromatic heterocycles. The molecule has 0 aliphatic heterocycles. The Labute approximate surface area is 107 Å². The number of aliphatic hydroxyl groups excluding tert-OH is 1. The quantitative estimate of drug-likeness (QED) is 0.741. The van der Waals surface area contributed by atoms with E-state index in [1.54, 1.807) is 0 Å². The van der Waals surface area contributed by atoms with E-state index < -0.39 is 17.8 Å². The van der Waals surface area contributed by atoms with Crippen molar-refractivity contribution in [2.45, 2.75) is 19.4 Å². The summed E-state index contributed by atoms with van der Waals surface area (Å²) in [7, 11) is 0.